The van der Waals surface area contributed by atoms with Crippen molar-refractivity contribution in [2.45, 2.75) is 6.04 Å². The number of ether oxygens (including phenoxy) is 2. The maximum absolute atomic E-state index is 13.8. The van der Waals surface area contributed by atoms with Crippen LogP contribution >= 0.6 is 11.3 Å². The van der Waals surface area contributed by atoms with Gasteiger partial charge in [0.25, 0.3) is 5.78 Å². The third kappa shape index (κ3) is 3.79. The van der Waals surface area contributed by atoms with Crippen molar-refractivity contribution in [3.05, 3.63) is 89.2 Å². The van der Waals surface area contributed by atoms with Crippen molar-refractivity contribution in [1.82, 2.24) is 4.98 Å². The molecular weight excluding hydrogens is 471 g/mol. The van der Waals surface area contributed by atoms with Crippen molar-refractivity contribution >= 4 is 44.1 Å². The standard InChI is InChI=1S/C26H19FN2O5S/c1-33-18-11-8-15(12-19(18)34-2)22-21(23(30)14-6-4-3-5-7-14)24(31)25(32)29(22)26-28-17-10-9-16(27)13-20(17)35-26/h3-13,22,30H,1-2H3/b23-21+/t22-/m0/s1. The van der Waals surface area contributed by atoms with Gasteiger partial charge in [-0.1, -0.05) is 47.7 Å². The number of thiazole rings is 1. The van der Waals surface area contributed by atoms with Crippen LogP contribution in [0.2, 0.25) is 0 Å². The summed E-state index contributed by atoms with van der Waals surface area (Å²) in [5, 5.41) is 11.4. The molecule has 1 saturated heterocycles. The maximum Gasteiger partial charge on any atom is 0.301 e. The molecule has 0 unspecified atom stereocenters. The number of hydrogen-bond acceptors (Lipinski definition) is 7. The van der Waals surface area contributed by atoms with Gasteiger partial charge in [0.05, 0.1) is 36.1 Å². The molecule has 1 N–H and O–H groups in total. The molecule has 9 heteroatoms. The second-order valence-corrected chi connectivity index (χ2v) is 8.77. The summed E-state index contributed by atoms with van der Waals surface area (Å²) in [6.07, 6.45) is 0. The number of Topliss-reactive ketones (excluding diaryl/α,β-unsaturated/α-hetero) is 1. The second-order valence-electron chi connectivity index (χ2n) is 7.76. The van der Waals surface area contributed by atoms with E-state index in [0.29, 0.717) is 32.8 Å². The molecule has 1 aliphatic heterocycles. The van der Waals surface area contributed by atoms with Gasteiger partial charge in [-0.2, -0.15) is 0 Å². The van der Waals surface area contributed by atoms with Crippen molar-refractivity contribution in [3.63, 3.8) is 0 Å². The topological polar surface area (TPSA) is 89.0 Å². The van der Waals surface area contributed by atoms with Crippen molar-refractivity contribution in [2.75, 3.05) is 19.1 Å². The number of amides is 1. The number of aliphatic hydroxyl groups excluding tert-OH is 1. The summed E-state index contributed by atoms with van der Waals surface area (Å²) in [4.78, 5) is 32.3. The van der Waals surface area contributed by atoms with E-state index in [-0.39, 0.29) is 16.5 Å². The first kappa shape index (κ1) is 22.5. The lowest BCUT2D eigenvalue weighted by molar-refractivity contribution is -0.132. The van der Waals surface area contributed by atoms with Crippen LogP contribution in [0.1, 0.15) is 17.2 Å². The van der Waals surface area contributed by atoms with Gasteiger partial charge in [-0.05, 0) is 35.9 Å². The lowest BCUT2D eigenvalue weighted by Gasteiger charge is -2.23. The van der Waals surface area contributed by atoms with E-state index in [2.05, 4.69) is 4.98 Å². The van der Waals surface area contributed by atoms with E-state index in [1.807, 2.05) is 0 Å². The fourth-order valence-corrected chi connectivity index (χ4v) is 5.13. The third-order valence-electron chi connectivity index (χ3n) is 5.76. The molecule has 0 radical (unpaired) electrons. The monoisotopic (exact) mass is 490 g/mol. The Morgan fingerprint density at radius 1 is 1.00 bits per heavy atom. The van der Waals surface area contributed by atoms with Crippen molar-refractivity contribution in [3.8, 4) is 11.5 Å². The molecule has 0 saturated carbocycles. The minimum atomic E-state index is -1.000. The summed E-state index contributed by atoms with van der Waals surface area (Å²) in [6, 6.07) is 16.6. The zero-order chi connectivity index (χ0) is 24.7. The van der Waals surface area contributed by atoms with E-state index < -0.39 is 23.5 Å². The molecule has 4 aromatic rings. The van der Waals surface area contributed by atoms with Crippen LogP contribution in [0.15, 0.2) is 72.3 Å². The number of rotatable bonds is 5. The Hall–Kier alpha value is -4.24. The number of anilines is 1. The van der Waals surface area contributed by atoms with Crippen molar-refractivity contribution in [2.24, 2.45) is 0 Å². The normalized spacial score (nSPS) is 17.2. The lowest BCUT2D eigenvalue weighted by Crippen LogP contribution is -2.29. The number of ketones is 1. The van der Waals surface area contributed by atoms with Crippen LogP contribution in [0, 0.1) is 5.82 Å². The van der Waals surface area contributed by atoms with Crippen molar-refractivity contribution < 1.29 is 28.6 Å². The Labute approximate surface area is 203 Å². The number of nitrogens with zero attached hydrogens (tertiary/aromatic N) is 2. The van der Waals surface area contributed by atoms with Crippen LogP contribution < -0.4 is 14.4 Å². The number of halogens is 1. The molecule has 1 atom stereocenters. The molecule has 1 aromatic heterocycles. The smallest absolute Gasteiger partial charge is 0.301 e. The number of hydrogen-bond donors (Lipinski definition) is 1. The van der Waals surface area contributed by atoms with Crippen LogP contribution in [0.4, 0.5) is 9.52 Å². The number of benzene rings is 3. The number of carbonyl (C=O) groups excluding carboxylic acids is 2. The Kier molecular flexibility index (Phi) is 5.70. The van der Waals surface area contributed by atoms with Crippen LogP contribution in [0.5, 0.6) is 11.5 Å². The summed E-state index contributed by atoms with van der Waals surface area (Å²) < 4.78 is 25.1. The van der Waals surface area contributed by atoms with Crippen LogP contribution in [0.3, 0.4) is 0 Å². The highest BCUT2D eigenvalue weighted by Crippen LogP contribution is 2.45. The number of aromatic nitrogens is 1. The van der Waals surface area contributed by atoms with E-state index in [4.69, 9.17) is 9.47 Å². The van der Waals surface area contributed by atoms with Gasteiger partial charge in [-0.3, -0.25) is 14.5 Å². The summed E-state index contributed by atoms with van der Waals surface area (Å²) in [6.45, 7) is 0. The molecule has 0 aliphatic carbocycles. The first-order valence-electron chi connectivity index (χ1n) is 10.6. The Balaban J connectivity index is 1.75. The predicted molar refractivity (Wildman–Crippen MR) is 130 cm³/mol. The van der Waals surface area contributed by atoms with Gasteiger partial charge in [0.1, 0.15) is 11.6 Å². The molecule has 1 aliphatic rings. The average molecular weight is 491 g/mol. The Morgan fingerprint density at radius 3 is 2.46 bits per heavy atom. The number of carbonyl (C=O) groups is 2. The molecule has 0 spiro atoms. The quantitative estimate of drug-likeness (QED) is 0.239. The first-order chi connectivity index (χ1) is 16.9. The third-order valence-corrected chi connectivity index (χ3v) is 6.78. The van der Waals surface area contributed by atoms with Gasteiger partial charge in [0.2, 0.25) is 0 Å². The summed E-state index contributed by atoms with van der Waals surface area (Å²) in [5.41, 5.74) is 1.30. The number of aliphatic hydroxyl groups is 1. The zero-order valence-corrected chi connectivity index (χ0v) is 19.5. The summed E-state index contributed by atoms with van der Waals surface area (Å²) >= 11 is 1.08. The molecule has 1 amide bonds. The van der Waals surface area contributed by atoms with Gasteiger partial charge >= 0.3 is 5.91 Å². The molecule has 7 nitrogen and oxygen atoms in total. The lowest BCUT2D eigenvalue weighted by atomic mass is 9.95. The fourth-order valence-electron chi connectivity index (χ4n) is 4.11. The SMILES string of the molecule is COc1ccc([C@H]2/C(=C(\O)c3ccccc3)C(=O)C(=O)N2c2nc3ccc(F)cc3s2)cc1OC. The van der Waals surface area contributed by atoms with Gasteiger partial charge in [-0.15, -0.1) is 0 Å². The molecule has 2 heterocycles. The molecule has 35 heavy (non-hydrogen) atoms. The van der Waals surface area contributed by atoms with Crippen LogP contribution in [-0.4, -0.2) is 36.0 Å². The number of fused-ring (bicyclic) bond motifs is 1. The molecule has 0 bridgehead atoms. The van der Waals surface area contributed by atoms with Gasteiger partial charge in [-0.25, -0.2) is 9.37 Å². The summed E-state index contributed by atoms with van der Waals surface area (Å²) in [7, 11) is 2.98. The van der Waals surface area contributed by atoms with E-state index in [9.17, 15) is 19.1 Å². The fraction of sp³-hybridized carbons (Fsp3) is 0.115. The molecule has 176 valence electrons. The maximum atomic E-state index is 13.8. The second kappa shape index (κ2) is 8.84. The van der Waals surface area contributed by atoms with E-state index in [0.717, 1.165) is 11.3 Å². The molecular formula is C26H19FN2O5S. The minimum absolute atomic E-state index is 0.0844. The van der Waals surface area contributed by atoms with E-state index in [1.165, 1.54) is 37.3 Å². The average Bonchev–Trinajstić information content (AvgIpc) is 3.41. The molecule has 3 aromatic carbocycles. The molecule has 1 fully saturated rings. The predicted octanol–water partition coefficient (Wildman–Crippen LogP) is 5.08. The zero-order valence-electron chi connectivity index (χ0n) is 18.7. The summed E-state index contributed by atoms with van der Waals surface area (Å²) in [5.74, 6) is -1.58. The Bertz CT molecular complexity index is 1500. The van der Waals surface area contributed by atoms with Crippen LogP contribution in [-0.2, 0) is 9.59 Å². The Morgan fingerprint density at radius 2 is 1.74 bits per heavy atom. The van der Waals surface area contributed by atoms with Crippen LogP contribution in [0.25, 0.3) is 16.0 Å². The van der Waals surface area contributed by atoms with E-state index >= 15 is 0 Å². The molecule has 5 rings (SSSR count). The van der Waals surface area contributed by atoms with Crippen molar-refractivity contribution in [1.29, 1.82) is 0 Å². The van der Waals surface area contributed by atoms with Gasteiger partial charge < -0.3 is 14.6 Å². The largest absolute Gasteiger partial charge is 0.507 e. The minimum Gasteiger partial charge on any atom is -0.507 e. The highest BCUT2D eigenvalue weighted by Gasteiger charge is 2.48. The van der Waals surface area contributed by atoms with E-state index in [1.54, 1.807) is 48.5 Å². The van der Waals surface area contributed by atoms with Gasteiger partial charge in [0, 0.05) is 5.56 Å². The van der Waals surface area contributed by atoms with Gasteiger partial charge in [0.15, 0.2) is 16.6 Å². The number of methoxy groups -OCH3 is 2. The highest BCUT2D eigenvalue weighted by atomic mass is 32.1. The first-order valence-corrected chi connectivity index (χ1v) is 11.4. The highest BCUT2D eigenvalue weighted by molar-refractivity contribution is 7.22.